The minimum atomic E-state index is 0.530. The van der Waals surface area contributed by atoms with Crippen molar-refractivity contribution in [3.63, 3.8) is 0 Å². The molecule has 0 bridgehead atoms. The molecule has 0 spiro atoms. The first-order valence-electron chi connectivity index (χ1n) is 5.40. The molecule has 2 nitrogen and oxygen atoms in total. The molecule has 0 saturated heterocycles. The van der Waals surface area contributed by atoms with E-state index in [9.17, 15) is 0 Å². The summed E-state index contributed by atoms with van der Waals surface area (Å²) in [6, 6.07) is 0. The van der Waals surface area contributed by atoms with Gasteiger partial charge in [-0.05, 0) is 18.9 Å². The predicted octanol–water partition coefficient (Wildman–Crippen LogP) is 4.40. The van der Waals surface area contributed by atoms with Crippen LogP contribution in [-0.4, -0.2) is 5.16 Å². The molecule has 0 aliphatic heterocycles. The number of allylic oxidation sites excluding steroid dienone is 1. The van der Waals surface area contributed by atoms with Gasteiger partial charge < -0.3 is 4.52 Å². The van der Waals surface area contributed by atoms with Gasteiger partial charge in [-0.15, -0.1) is 0 Å². The molecule has 1 aromatic heterocycles. The fraction of sp³-hybridized carbons (Fsp3) is 0.462. The van der Waals surface area contributed by atoms with Gasteiger partial charge in [0.1, 0.15) is 0 Å². The molecule has 0 radical (unpaired) electrons. The molecule has 0 amide bonds. The van der Waals surface area contributed by atoms with E-state index in [-0.39, 0.29) is 0 Å². The van der Waals surface area contributed by atoms with Crippen molar-refractivity contribution in [3.8, 4) is 0 Å². The Labute approximate surface area is 92.7 Å². The molecule has 0 unspecified atom stereocenters. The highest BCUT2D eigenvalue weighted by molar-refractivity contribution is 5.60. The number of aromatic nitrogens is 1. The molecule has 15 heavy (non-hydrogen) atoms. The van der Waals surface area contributed by atoms with Crippen LogP contribution in [0.1, 0.15) is 45.9 Å². The fourth-order valence-corrected chi connectivity index (χ4v) is 0.893. The van der Waals surface area contributed by atoms with E-state index in [4.69, 9.17) is 4.52 Å². The van der Waals surface area contributed by atoms with Gasteiger partial charge in [-0.1, -0.05) is 51.1 Å². The van der Waals surface area contributed by atoms with Crippen LogP contribution in [0.3, 0.4) is 0 Å². The molecule has 0 N–H and O–H groups in total. The quantitative estimate of drug-likeness (QED) is 0.734. The van der Waals surface area contributed by atoms with Crippen molar-refractivity contribution in [2.75, 3.05) is 0 Å². The zero-order chi connectivity index (χ0) is 11.8. The standard InChI is InChI=1S/C11H15NO.C2H6/c1-5-10-7-12-13-11(10)6-9(4)8(2)3;1-2/h5-8H,1H2,2-4H3;1-2H3/b9-6+;. The molecular formula is C13H21NO. The maximum Gasteiger partial charge on any atom is 0.166 e. The first kappa shape index (κ1) is 13.7. The molecule has 0 aliphatic rings. The first-order valence-corrected chi connectivity index (χ1v) is 5.40. The van der Waals surface area contributed by atoms with Gasteiger partial charge >= 0.3 is 0 Å². The summed E-state index contributed by atoms with van der Waals surface area (Å²) in [5.41, 5.74) is 2.22. The Kier molecular flexibility index (Phi) is 6.43. The van der Waals surface area contributed by atoms with Gasteiger partial charge in [-0.25, -0.2) is 0 Å². The van der Waals surface area contributed by atoms with Crippen LogP contribution in [0, 0.1) is 5.92 Å². The van der Waals surface area contributed by atoms with E-state index in [1.165, 1.54) is 5.57 Å². The second-order valence-corrected chi connectivity index (χ2v) is 3.39. The maximum atomic E-state index is 5.08. The minimum absolute atomic E-state index is 0.530. The van der Waals surface area contributed by atoms with E-state index in [1.54, 1.807) is 12.3 Å². The van der Waals surface area contributed by atoms with Crippen molar-refractivity contribution in [2.24, 2.45) is 5.92 Å². The van der Waals surface area contributed by atoms with Gasteiger partial charge in [0.05, 0.1) is 6.20 Å². The van der Waals surface area contributed by atoms with Crippen molar-refractivity contribution in [1.29, 1.82) is 0 Å². The predicted molar refractivity (Wildman–Crippen MR) is 66.4 cm³/mol. The molecule has 0 fully saturated rings. The molecule has 1 rings (SSSR count). The lowest BCUT2D eigenvalue weighted by Crippen LogP contribution is -1.87. The number of hydrogen-bond acceptors (Lipinski definition) is 2. The summed E-state index contributed by atoms with van der Waals surface area (Å²) in [5.74, 6) is 1.32. The van der Waals surface area contributed by atoms with Gasteiger partial charge in [0, 0.05) is 5.56 Å². The summed E-state index contributed by atoms with van der Waals surface area (Å²) in [5, 5.41) is 3.71. The van der Waals surface area contributed by atoms with Crippen molar-refractivity contribution in [1.82, 2.24) is 5.16 Å². The number of nitrogens with zero attached hydrogens (tertiary/aromatic N) is 1. The lowest BCUT2D eigenvalue weighted by Gasteiger charge is -2.02. The molecule has 0 aliphatic carbocycles. The van der Waals surface area contributed by atoms with Gasteiger partial charge in [-0.2, -0.15) is 0 Å². The summed E-state index contributed by atoms with van der Waals surface area (Å²) in [6.45, 7) is 14.1. The second-order valence-electron chi connectivity index (χ2n) is 3.39. The van der Waals surface area contributed by atoms with E-state index in [2.05, 4.69) is 32.5 Å². The molecule has 1 aromatic rings. The van der Waals surface area contributed by atoms with Gasteiger partial charge in [0.25, 0.3) is 0 Å². The normalized spacial score (nSPS) is 10.9. The summed E-state index contributed by atoms with van der Waals surface area (Å²) in [6.07, 6.45) is 5.43. The zero-order valence-corrected chi connectivity index (χ0v) is 10.4. The van der Waals surface area contributed by atoms with Crippen molar-refractivity contribution >= 4 is 12.2 Å². The SMILES string of the molecule is C=Cc1cnoc1/C=C(\C)C(C)C.CC. The fourth-order valence-electron chi connectivity index (χ4n) is 0.893. The average Bonchev–Trinajstić information content (AvgIpc) is 2.68. The Hall–Kier alpha value is -1.31. The number of rotatable bonds is 3. The van der Waals surface area contributed by atoms with Gasteiger partial charge in [0.2, 0.25) is 0 Å². The second kappa shape index (κ2) is 7.04. The lowest BCUT2D eigenvalue weighted by atomic mass is 10.0. The Morgan fingerprint density at radius 2 is 2.07 bits per heavy atom. The Balaban J connectivity index is 0.000000921. The molecule has 0 aromatic carbocycles. The summed E-state index contributed by atoms with van der Waals surface area (Å²) >= 11 is 0. The van der Waals surface area contributed by atoms with E-state index in [0.717, 1.165) is 11.3 Å². The highest BCUT2D eigenvalue weighted by Gasteiger charge is 2.03. The maximum absolute atomic E-state index is 5.08. The Morgan fingerprint density at radius 3 is 2.53 bits per heavy atom. The highest BCUT2D eigenvalue weighted by Crippen LogP contribution is 2.17. The van der Waals surface area contributed by atoms with E-state index in [1.807, 2.05) is 19.9 Å². The van der Waals surface area contributed by atoms with E-state index in [0.29, 0.717) is 5.92 Å². The topological polar surface area (TPSA) is 26.0 Å². The third kappa shape index (κ3) is 4.15. The minimum Gasteiger partial charge on any atom is -0.356 e. The van der Waals surface area contributed by atoms with Crippen LogP contribution in [0.25, 0.3) is 12.2 Å². The van der Waals surface area contributed by atoms with Gasteiger partial charge in [-0.3, -0.25) is 0 Å². The average molecular weight is 207 g/mol. The smallest absolute Gasteiger partial charge is 0.166 e. The van der Waals surface area contributed by atoms with Crippen LogP contribution < -0.4 is 0 Å². The van der Waals surface area contributed by atoms with Crippen LogP contribution >= 0.6 is 0 Å². The van der Waals surface area contributed by atoms with Crippen LogP contribution in [-0.2, 0) is 0 Å². The highest BCUT2D eigenvalue weighted by atomic mass is 16.5. The zero-order valence-electron chi connectivity index (χ0n) is 10.4. The van der Waals surface area contributed by atoms with Crippen LogP contribution in [0.4, 0.5) is 0 Å². The van der Waals surface area contributed by atoms with Crippen molar-refractivity contribution in [3.05, 3.63) is 29.7 Å². The van der Waals surface area contributed by atoms with Crippen molar-refractivity contribution in [2.45, 2.75) is 34.6 Å². The lowest BCUT2D eigenvalue weighted by molar-refractivity contribution is 0.412. The third-order valence-corrected chi connectivity index (χ3v) is 2.12. The Bertz CT molecular complexity index is 321. The largest absolute Gasteiger partial charge is 0.356 e. The van der Waals surface area contributed by atoms with Gasteiger partial charge in [0.15, 0.2) is 5.76 Å². The molecule has 1 heterocycles. The first-order chi connectivity index (χ1) is 7.15. The van der Waals surface area contributed by atoms with Crippen molar-refractivity contribution < 1.29 is 4.52 Å². The third-order valence-electron chi connectivity index (χ3n) is 2.12. The van der Waals surface area contributed by atoms with Crippen LogP contribution in [0.15, 0.2) is 22.9 Å². The molecule has 0 atom stereocenters. The van der Waals surface area contributed by atoms with E-state index >= 15 is 0 Å². The Morgan fingerprint density at radius 1 is 1.47 bits per heavy atom. The molecule has 84 valence electrons. The molecule has 2 heteroatoms. The summed E-state index contributed by atoms with van der Waals surface area (Å²) in [4.78, 5) is 0. The molecule has 0 saturated carbocycles. The summed E-state index contributed by atoms with van der Waals surface area (Å²) in [7, 11) is 0. The van der Waals surface area contributed by atoms with Crippen LogP contribution in [0.5, 0.6) is 0 Å². The molecular weight excluding hydrogens is 186 g/mol. The monoisotopic (exact) mass is 207 g/mol. The van der Waals surface area contributed by atoms with Crippen LogP contribution in [0.2, 0.25) is 0 Å². The summed E-state index contributed by atoms with van der Waals surface area (Å²) < 4.78 is 5.08. The number of hydrogen-bond donors (Lipinski definition) is 0. The van der Waals surface area contributed by atoms with E-state index < -0.39 is 0 Å².